The largest absolute Gasteiger partial charge is 0.388 e. The van der Waals surface area contributed by atoms with Crippen molar-refractivity contribution in [2.75, 3.05) is 13.2 Å². The summed E-state index contributed by atoms with van der Waals surface area (Å²) in [5, 5.41) is 11.9. The van der Waals surface area contributed by atoms with Gasteiger partial charge >= 0.3 is 0 Å². The van der Waals surface area contributed by atoms with Crippen molar-refractivity contribution < 1.29 is 9.84 Å². The predicted molar refractivity (Wildman–Crippen MR) is 60.5 cm³/mol. The SMILES string of the molecule is OC(CC1CCOC1)c1csc(Br)c1. The molecular formula is C10H13BrO2S. The maximum Gasteiger partial charge on any atom is 0.0802 e. The summed E-state index contributed by atoms with van der Waals surface area (Å²) in [6.45, 7) is 1.66. The fourth-order valence-electron chi connectivity index (χ4n) is 1.72. The second-order valence-electron chi connectivity index (χ2n) is 3.67. The number of thiophene rings is 1. The van der Waals surface area contributed by atoms with Gasteiger partial charge in [0, 0.05) is 13.2 Å². The van der Waals surface area contributed by atoms with Crippen molar-refractivity contribution in [3.05, 3.63) is 20.8 Å². The van der Waals surface area contributed by atoms with Gasteiger partial charge in [0.1, 0.15) is 0 Å². The summed E-state index contributed by atoms with van der Waals surface area (Å²) in [4.78, 5) is 0. The van der Waals surface area contributed by atoms with Crippen LogP contribution in [0.4, 0.5) is 0 Å². The van der Waals surface area contributed by atoms with E-state index in [1.165, 1.54) is 0 Å². The highest BCUT2D eigenvalue weighted by Gasteiger charge is 2.20. The Morgan fingerprint density at radius 2 is 2.57 bits per heavy atom. The zero-order valence-corrected chi connectivity index (χ0v) is 10.2. The lowest BCUT2D eigenvalue weighted by atomic mass is 9.98. The number of ether oxygens (including phenoxy) is 1. The Hall–Kier alpha value is 0.100. The third kappa shape index (κ3) is 2.57. The third-order valence-electron chi connectivity index (χ3n) is 2.55. The van der Waals surface area contributed by atoms with Gasteiger partial charge < -0.3 is 9.84 Å². The van der Waals surface area contributed by atoms with E-state index >= 15 is 0 Å². The summed E-state index contributed by atoms with van der Waals surface area (Å²) in [5.74, 6) is 0.531. The molecule has 2 atom stereocenters. The Kier molecular flexibility index (Phi) is 3.60. The van der Waals surface area contributed by atoms with E-state index in [-0.39, 0.29) is 6.10 Å². The quantitative estimate of drug-likeness (QED) is 0.920. The number of rotatable bonds is 3. The molecule has 2 unspecified atom stereocenters. The van der Waals surface area contributed by atoms with Gasteiger partial charge in [0.05, 0.1) is 9.89 Å². The van der Waals surface area contributed by atoms with E-state index in [0.717, 1.165) is 35.4 Å². The van der Waals surface area contributed by atoms with Crippen molar-refractivity contribution >= 4 is 27.3 Å². The molecule has 0 radical (unpaired) electrons. The van der Waals surface area contributed by atoms with Crippen LogP contribution in [0.1, 0.15) is 24.5 Å². The molecule has 1 saturated heterocycles. The molecule has 0 spiro atoms. The maximum atomic E-state index is 9.92. The van der Waals surface area contributed by atoms with E-state index < -0.39 is 0 Å². The van der Waals surface area contributed by atoms with Gasteiger partial charge in [0.25, 0.3) is 0 Å². The second-order valence-corrected chi connectivity index (χ2v) is 5.96. The van der Waals surface area contributed by atoms with Gasteiger partial charge in [0.15, 0.2) is 0 Å². The minimum Gasteiger partial charge on any atom is -0.388 e. The van der Waals surface area contributed by atoms with Crippen LogP contribution >= 0.6 is 27.3 Å². The molecule has 2 heterocycles. The first-order chi connectivity index (χ1) is 6.75. The molecule has 1 aliphatic rings. The molecule has 14 heavy (non-hydrogen) atoms. The Labute approximate surface area is 96.0 Å². The van der Waals surface area contributed by atoms with Crippen LogP contribution in [0.15, 0.2) is 15.2 Å². The average molecular weight is 277 g/mol. The fraction of sp³-hybridized carbons (Fsp3) is 0.600. The molecule has 0 bridgehead atoms. The summed E-state index contributed by atoms with van der Waals surface area (Å²) in [6.07, 6.45) is 1.58. The summed E-state index contributed by atoms with van der Waals surface area (Å²) in [6, 6.07) is 1.99. The molecule has 1 fully saturated rings. The Morgan fingerprint density at radius 1 is 1.71 bits per heavy atom. The van der Waals surface area contributed by atoms with Crippen LogP contribution in [0.5, 0.6) is 0 Å². The molecule has 2 nitrogen and oxygen atoms in total. The van der Waals surface area contributed by atoms with Gasteiger partial charge in [-0.1, -0.05) is 0 Å². The van der Waals surface area contributed by atoms with Crippen LogP contribution in [0, 0.1) is 5.92 Å². The summed E-state index contributed by atoms with van der Waals surface area (Å²) < 4.78 is 6.36. The van der Waals surface area contributed by atoms with Gasteiger partial charge in [-0.2, -0.15) is 0 Å². The molecule has 0 aliphatic carbocycles. The highest BCUT2D eigenvalue weighted by atomic mass is 79.9. The lowest BCUT2D eigenvalue weighted by Gasteiger charge is -2.12. The molecule has 1 aromatic rings. The maximum absolute atomic E-state index is 9.92. The Balaban J connectivity index is 1.91. The number of hydrogen-bond acceptors (Lipinski definition) is 3. The van der Waals surface area contributed by atoms with Crippen molar-refractivity contribution in [2.24, 2.45) is 5.92 Å². The minimum absolute atomic E-state index is 0.329. The van der Waals surface area contributed by atoms with E-state index in [4.69, 9.17) is 4.74 Å². The van der Waals surface area contributed by atoms with Crippen LogP contribution in [-0.4, -0.2) is 18.3 Å². The number of aliphatic hydroxyl groups is 1. The first-order valence-electron chi connectivity index (χ1n) is 4.75. The smallest absolute Gasteiger partial charge is 0.0802 e. The van der Waals surface area contributed by atoms with Crippen molar-refractivity contribution in [1.29, 1.82) is 0 Å². The van der Waals surface area contributed by atoms with E-state index in [1.807, 2.05) is 11.4 Å². The normalized spacial score (nSPS) is 24.0. The standard InChI is InChI=1S/C10H13BrO2S/c11-10-4-8(6-14-10)9(12)3-7-1-2-13-5-7/h4,6-7,9,12H,1-3,5H2. The highest BCUT2D eigenvalue weighted by molar-refractivity contribution is 9.11. The molecule has 0 amide bonds. The van der Waals surface area contributed by atoms with Crippen molar-refractivity contribution in [1.82, 2.24) is 0 Å². The molecule has 2 rings (SSSR count). The third-order valence-corrected chi connectivity index (χ3v) is 4.08. The van der Waals surface area contributed by atoms with Gasteiger partial charge in [-0.05, 0) is 51.7 Å². The number of halogens is 1. The molecule has 0 aromatic carbocycles. The molecule has 1 aliphatic heterocycles. The van der Waals surface area contributed by atoms with E-state index in [9.17, 15) is 5.11 Å². The van der Waals surface area contributed by atoms with Crippen LogP contribution in [0.2, 0.25) is 0 Å². The Morgan fingerprint density at radius 3 is 3.14 bits per heavy atom. The van der Waals surface area contributed by atoms with E-state index in [1.54, 1.807) is 11.3 Å². The lowest BCUT2D eigenvalue weighted by molar-refractivity contribution is 0.130. The van der Waals surface area contributed by atoms with Crippen LogP contribution in [0.3, 0.4) is 0 Å². The van der Waals surface area contributed by atoms with E-state index in [0.29, 0.717) is 5.92 Å². The van der Waals surface area contributed by atoms with Crippen LogP contribution < -0.4 is 0 Å². The Bertz CT molecular complexity index is 294. The second kappa shape index (κ2) is 4.75. The van der Waals surface area contributed by atoms with Gasteiger partial charge in [-0.15, -0.1) is 11.3 Å². The number of aliphatic hydroxyl groups excluding tert-OH is 1. The van der Waals surface area contributed by atoms with Crippen LogP contribution in [0.25, 0.3) is 0 Å². The zero-order valence-electron chi connectivity index (χ0n) is 7.78. The average Bonchev–Trinajstić information content (AvgIpc) is 2.75. The van der Waals surface area contributed by atoms with Gasteiger partial charge in [-0.3, -0.25) is 0 Å². The summed E-state index contributed by atoms with van der Waals surface area (Å²) in [7, 11) is 0. The van der Waals surface area contributed by atoms with Gasteiger partial charge in [-0.25, -0.2) is 0 Å². The van der Waals surface area contributed by atoms with Crippen molar-refractivity contribution in [3.8, 4) is 0 Å². The topological polar surface area (TPSA) is 29.5 Å². The van der Waals surface area contributed by atoms with E-state index in [2.05, 4.69) is 15.9 Å². The molecule has 0 saturated carbocycles. The molecular weight excluding hydrogens is 264 g/mol. The number of hydrogen-bond donors (Lipinski definition) is 1. The summed E-state index contributed by atoms with van der Waals surface area (Å²) >= 11 is 5.01. The zero-order chi connectivity index (χ0) is 9.97. The summed E-state index contributed by atoms with van der Waals surface area (Å²) in [5.41, 5.74) is 1.02. The molecule has 4 heteroatoms. The monoisotopic (exact) mass is 276 g/mol. The molecule has 1 aromatic heterocycles. The fourth-order valence-corrected chi connectivity index (χ4v) is 2.94. The minimum atomic E-state index is -0.329. The van der Waals surface area contributed by atoms with Gasteiger partial charge in [0.2, 0.25) is 0 Å². The molecule has 78 valence electrons. The van der Waals surface area contributed by atoms with Crippen molar-refractivity contribution in [2.45, 2.75) is 18.9 Å². The molecule has 1 N–H and O–H groups in total. The predicted octanol–water partition coefficient (Wildman–Crippen LogP) is 2.97. The highest BCUT2D eigenvalue weighted by Crippen LogP contribution is 2.30. The first kappa shape index (κ1) is 10.6. The van der Waals surface area contributed by atoms with Crippen molar-refractivity contribution in [3.63, 3.8) is 0 Å². The first-order valence-corrected chi connectivity index (χ1v) is 6.42. The van der Waals surface area contributed by atoms with Crippen LogP contribution in [-0.2, 0) is 4.74 Å². The lowest BCUT2D eigenvalue weighted by Crippen LogP contribution is -2.06.